The standard InChI is InChI=1S/C48H31NOS/c1-3-11-32(12-4-1)33-19-21-34(22-20-33)35-23-27-38(28-24-35)49(37-13-5-2-6-14-37)39-29-25-36(26-30-39)42-31-43-40-15-7-9-17-44(40)50-47(43)46-41-16-8-10-18-45(41)51-48(42)46/h1-31H. The van der Waals surface area contributed by atoms with Crippen molar-refractivity contribution in [1.82, 2.24) is 0 Å². The van der Waals surface area contributed by atoms with Crippen LogP contribution in [0.15, 0.2) is 192 Å². The lowest BCUT2D eigenvalue weighted by Gasteiger charge is -2.26. The lowest BCUT2D eigenvalue weighted by molar-refractivity contribution is 0.673. The Balaban J connectivity index is 1.04. The van der Waals surface area contributed by atoms with Gasteiger partial charge in [-0.1, -0.05) is 133 Å². The SMILES string of the molecule is c1ccc(-c2ccc(-c3ccc(N(c4ccccc4)c4ccc(-c5cc6c7ccccc7oc6c6c5sc5ccccc56)cc4)cc3)cc2)cc1. The van der Waals surface area contributed by atoms with Gasteiger partial charge in [0.05, 0.1) is 0 Å². The lowest BCUT2D eigenvalue weighted by atomic mass is 9.98. The van der Waals surface area contributed by atoms with Crippen LogP contribution in [0.25, 0.3) is 75.5 Å². The highest BCUT2D eigenvalue weighted by atomic mass is 32.1. The molecule has 10 rings (SSSR count). The van der Waals surface area contributed by atoms with Crippen LogP contribution in [0.2, 0.25) is 0 Å². The molecule has 0 amide bonds. The van der Waals surface area contributed by atoms with Crippen molar-refractivity contribution < 1.29 is 4.42 Å². The molecule has 0 radical (unpaired) electrons. The molecule has 0 spiro atoms. The molecule has 0 aliphatic carbocycles. The van der Waals surface area contributed by atoms with Crippen LogP contribution in [0, 0.1) is 0 Å². The highest BCUT2D eigenvalue weighted by molar-refractivity contribution is 7.26. The van der Waals surface area contributed by atoms with Gasteiger partial charge in [0.2, 0.25) is 0 Å². The molecule has 3 heteroatoms. The molecule has 0 aliphatic rings. The highest BCUT2D eigenvalue weighted by Gasteiger charge is 2.20. The third kappa shape index (κ3) is 5.10. The van der Waals surface area contributed by atoms with E-state index in [2.05, 4.69) is 187 Å². The van der Waals surface area contributed by atoms with Gasteiger partial charge in [-0.3, -0.25) is 0 Å². The van der Waals surface area contributed by atoms with Crippen molar-refractivity contribution >= 4 is 70.5 Å². The second kappa shape index (κ2) is 12.2. The van der Waals surface area contributed by atoms with Crippen molar-refractivity contribution in [2.75, 3.05) is 4.90 Å². The number of furan rings is 1. The largest absolute Gasteiger partial charge is 0.455 e. The van der Waals surface area contributed by atoms with E-state index >= 15 is 0 Å². The van der Waals surface area contributed by atoms with Crippen LogP contribution in [0.4, 0.5) is 17.1 Å². The molecule has 0 atom stereocenters. The van der Waals surface area contributed by atoms with Gasteiger partial charge >= 0.3 is 0 Å². The number of rotatable bonds is 6. The molecule has 0 unspecified atom stereocenters. The van der Waals surface area contributed by atoms with Gasteiger partial charge < -0.3 is 9.32 Å². The molecular formula is C48H31NOS. The summed E-state index contributed by atoms with van der Waals surface area (Å²) < 4.78 is 9.05. The quantitative estimate of drug-likeness (QED) is 0.175. The fourth-order valence-electron chi connectivity index (χ4n) is 7.38. The molecule has 0 bridgehead atoms. The number of hydrogen-bond donors (Lipinski definition) is 0. The van der Waals surface area contributed by atoms with Gasteiger partial charge in [0.15, 0.2) is 0 Å². The van der Waals surface area contributed by atoms with Gasteiger partial charge in [-0.2, -0.15) is 0 Å². The van der Waals surface area contributed by atoms with E-state index in [0.29, 0.717) is 0 Å². The average Bonchev–Trinajstić information content (AvgIpc) is 3.78. The van der Waals surface area contributed by atoms with Crippen molar-refractivity contribution in [3.8, 4) is 33.4 Å². The summed E-state index contributed by atoms with van der Waals surface area (Å²) in [6.45, 7) is 0. The van der Waals surface area contributed by atoms with Gasteiger partial charge in [-0.05, 0) is 82.4 Å². The molecule has 240 valence electrons. The van der Waals surface area contributed by atoms with Crippen LogP contribution in [-0.2, 0) is 0 Å². The minimum atomic E-state index is 0.922. The normalized spacial score (nSPS) is 11.5. The number of anilines is 3. The van der Waals surface area contributed by atoms with Crippen molar-refractivity contribution in [2.24, 2.45) is 0 Å². The van der Waals surface area contributed by atoms with E-state index in [4.69, 9.17) is 4.42 Å². The van der Waals surface area contributed by atoms with E-state index in [0.717, 1.165) is 39.0 Å². The third-order valence-corrected chi connectivity index (χ3v) is 11.1. The Bertz CT molecular complexity index is 2810. The molecule has 0 N–H and O–H groups in total. The maximum atomic E-state index is 6.53. The Kier molecular flexibility index (Phi) is 7.04. The van der Waals surface area contributed by atoms with E-state index in [-0.39, 0.29) is 0 Å². The first kappa shape index (κ1) is 29.5. The highest BCUT2D eigenvalue weighted by Crippen LogP contribution is 2.47. The number of benzene rings is 8. The Hall–Kier alpha value is -6.42. The van der Waals surface area contributed by atoms with E-state index in [1.807, 2.05) is 17.4 Å². The summed E-state index contributed by atoms with van der Waals surface area (Å²) in [5.74, 6) is 0. The van der Waals surface area contributed by atoms with Crippen LogP contribution >= 0.6 is 11.3 Å². The first-order valence-electron chi connectivity index (χ1n) is 17.3. The molecule has 2 heterocycles. The number of para-hydroxylation sites is 2. The third-order valence-electron chi connectivity index (χ3n) is 9.89. The number of nitrogens with zero attached hydrogens (tertiary/aromatic N) is 1. The molecule has 2 nitrogen and oxygen atoms in total. The first-order chi connectivity index (χ1) is 25.3. The zero-order valence-electron chi connectivity index (χ0n) is 27.7. The number of hydrogen-bond acceptors (Lipinski definition) is 3. The summed E-state index contributed by atoms with van der Waals surface area (Å²) >= 11 is 1.84. The summed E-state index contributed by atoms with van der Waals surface area (Å²) in [6, 6.07) is 67.2. The van der Waals surface area contributed by atoms with Crippen LogP contribution in [0.3, 0.4) is 0 Å². The van der Waals surface area contributed by atoms with E-state index < -0.39 is 0 Å². The van der Waals surface area contributed by atoms with Crippen molar-refractivity contribution in [2.45, 2.75) is 0 Å². The number of thiophene rings is 1. The Morgan fingerprint density at radius 3 is 1.55 bits per heavy atom. The van der Waals surface area contributed by atoms with Gasteiger partial charge in [0.25, 0.3) is 0 Å². The molecule has 8 aromatic carbocycles. The first-order valence-corrected chi connectivity index (χ1v) is 18.1. The Morgan fingerprint density at radius 2 is 0.882 bits per heavy atom. The maximum Gasteiger partial charge on any atom is 0.144 e. The second-order valence-electron chi connectivity index (χ2n) is 12.9. The predicted octanol–water partition coefficient (Wildman–Crippen LogP) is 14.4. The smallest absolute Gasteiger partial charge is 0.144 e. The fraction of sp³-hybridized carbons (Fsp3) is 0. The van der Waals surface area contributed by atoms with E-state index in [1.54, 1.807) is 0 Å². The summed E-state index contributed by atoms with van der Waals surface area (Å²) in [6.07, 6.45) is 0. The molecule has 0 aliphatic heterocycles. The Morgan fingerprint density at radius 1 is 0.392 bits per heavy atom. The van der Waals surface area contributed by atoms with Crippen molar-refractivity contribution in [3.05, 3.63) is 188 Å². The minimum absolute atomic E-state index is 0.922. The van der Waals surface area contributed by atoms with Gasteiger partial charge in [-0.15, -0.1) is 11.3 Å². The molecule has 10 aromatic rings. The van der Waals surface area contributed by atoms with Crippen molar-refractivity contribution in [3.63, 3.8) is 0 Å². The molecule has 0 fully saturated rings. The van der Waals surface area contributed by atoms with Gasteiger partial charge in [0, 0.05) is 53.6 Å². The van der Waals surface area contributed by atoms with Crippen molar-refractivity contribution in [1.29, 1.82) is 0 Å². The monoisotopic (exact) mass is 669 g/mol. The second-order valence-corrected chi connectivity index (χ2v) is 14.0. The van der Waals surface area contributed by atoms with Gasteiger partial charge in [-0.25, -0.2) is 0 Å². The van der Waals surface area contributed by atoms with Crippen LogP contribution < -0.4 is 4.90 Å². The molecule has 0 saturated carbocycles. The van der Waals surface area contributed by atoms with E-state index in [9.17, 15) is 0 Å². The zero-order chi connectivity index (χ0) is 33.7. The van der Waals surface area contributed by atoms with Crippen LogP contribution in [0.5, 0.6) is 0 Å². The number of fused-ring (bicyclic) bond motifs is 7. The molecule has 0 saturated heterocycles. The Labute approximate surface area is 300 Å². The van der Waals surface area contributed by atoms with Gasteiger partial charge in [0.1, 0.15) is 11.2 Å². The zero-order valence-corrected chi connectivity index (χ0v) is 28.5. The molecule has 51 heavy (non-hydrogen) atoms. The summed E-state index contributed by atoms with van der Waals surface area (Å²) in [5.41, 5.74) is 12.5. The molecule has 2 aromatic heterocycles. The van der Waals surface area contributed by atoms with Crippen LogP contribution in [-0.4, -0.2) is 0 Å². The van der Waals surface area contributed by atoms with Crippen LogP contribution in [0.1, 0.15) is 0 Å². The topological polar surface area (TPSA) is 16.4 Å². The predicted molar refractivity (Wildman–Crippen MR) is 218 cm³/mol. The molecular weight excluding hydrogens is 639 g/mol. The summed E-state index contributed by atoms with van der Waals surface area (Å²) in [7, 11) is 0. The average molecular weight is 670 g/mol. The summed E-state index contributed by atoms with van der Waals surface area (Å²) in [5, 5.41) is 4.74. The minimum Gasteiger partial charge on any atom is -0.455 e. The lowest BCUT2D eigenvalue weighted by Crippen LogP contribution is -2.09. The maximum absolute atomic E-state index is 6.53. The summed E-state index contributed by atoms with van der Waals surface area (Å²) in [4.78, 5) is 2.33. The fourth-order valence-corrected chi connectivity index (χ4v) is 8.62. The van der Waals surface area contributed by atoms with E-state index in [1.165, 1.54) is 53.6 Å².